The van der Waals surface area contributed by atoms with Crippen molar-refractivity contribution in [3.8, 4) is 0 Å². The van der Waals surface area contributed by atoms with Crippen molar-refractivity contribution in [3.05, 3.63) is 29.3 Å². The zero-order valence-electron chi connectivity index (χ0n) is 11.0. The maximum atomic E-state index is 12.0. The molecule has 1 atom stereocenters. The highest BCUT2D eigenvalue weighted by Crippen LogP contribution is 2.16. The molecular formula is C12H17NO5S. The zero-order chi connectivity index (χ0) is 14.6. The summed E-state index contributed by atoms with van der Waals surface area (Å²) in [6, 6.07) is 4.90. The van der Waals surface area contributed by atoms with Crippen LogP contribution in [-0.4, -0.2) is 39.3 Å². The van der Waals surface area contributed by atoms with Gasteiger partial charge < -0.3 is 9.84 Å². The minimum Gasteiger partial charge on any atom is -0.467 e. The lowest BCUT2D eigenvalue weighted by atomic mass is 10.2. The molecule has 0 amide bonds. The molecule has 0 fully saturated rings. The van der Waals surface area contributed by atoms with Crippen molar-refractivity contribution in [2.24, 2.45) is 0 Å². The van der Waals surface area contributed by atoms with Crippen molar-refractivity contribution >= 4 is 16.0 Å². The predicted molar refractivity (Wildman–Crippen MR) is 69.1 cm³/mol. The van der Waals surface area contributed by atoms with E-state index >= 15 is 0 Å². The number of hydrogen-bond donors (Lipinski definition) is 2. The van der Waals surface area contributed by atoms with Crippen LogP contribution in [0.4, 0.5) is 0 Å². The van der Waals surface area contributed by atoms with Crippen LogP contribution in [0.1, 0.15) is 11.1 Å². The predicted octanol–water partition coefficient (Wildman–Crippen LogP) is 0.116. The van der Waals surface area contributed by atoms with Gasteiger partial charge >= 0.3 is 5.97 Å². The van der Waals surface area contributed by atoms with Crippen molar-refractivity contribution in [2.45, 2.75) is 24.8 Å². The van der Waals surface area contributed by atoms with Gasteiger partial charge in [-0.3, -0.25) is 0 Å². The maximum absolute atomic E-state index is 12.0. The van der Waals surface area contributed by atoms with E-state index in [0.717, 1.165) is 12.7 Å². The van der Waals surface area contributed by atoms with Gasteiger partial charge in [0.15, 0.2) is 6.10 Å². The third kappa shape index (κ3) is 4.02. The van der Waals surface area contributed by atoms with Crippen LogP contribution >= 0.6 is 0 Å². The van der Waals surface area contributed by atoms with Crippen LogP contribution in [0.2, 0.25) is 0 Å². The van der Waals surface area contributed by atoms with Crippen LogP contribution in [0.5, 0.6) is 0 Å². The summed E-state index contributed by atoms with van der Waals surface area (Å²) >= 11 is 0. The molecule has 7 heteroatoms. The number of aliphatic hydroxyl groups is 1. The molecular weight excluding hydrogens is 270 g/mol. The minimum atomic E-state index is -3.76. The normalized spacial score (nSPS) is 13.1. The molecule has 0 aliphatic rings. The Morgan fingerprint density at radius 2 is 2.05 bits per heavy atom. The minimum absolute atomic E-state index is 0.121. The topological polar surface area (TPSA) is 92.7 Å². The Kier molecular flexibility index (Phi) is 5.04. The molecule has 0 bridgehead atoms. The second-order valence-electron chi connectivity index (χ2n) is 4.16. The van der Waals surface area contributed by atoms with Crippen molar-refractivity contribution in [1.82, 2.24) is 4.72 Å². The highest BCUT2D eigenvalue weighted by atomic mass is 32.2. The lowest BCUT2D eigenvalue weighted by Crippen LogP contribution is -2.37. The third-order valence-electron chi connectivity index (χ3n) is 2.56. The van der Waals surface area contributed by atoms with Gasteiger partial charge in [-0.15, -0.1) is 0 Å². The number of aryl methyl sites for hydroxylation is 2. The van der Waals surface area contributed by atoms with Crippen LogP contribution in [0.25, 0.3) is 0 Å². The summed E-state index contributed by atoms with van der Waals surface area (Å²) in [5.41, 5.74) is 1.55. The molecule has 0 spiro atoms. The number of nitrogens with one attached hydrogen (secondary N) is 1. The van der Waals surface area contributed by atoms with E-state index in [2.05, 4.69) is 9.46 Å². The third-order valence-corrected chi connectivity index (χ3v) is 4.14. The van der Waals surface area contributed by atoms with Gasteiger partial charge in [0.2, 0.25) is 10.0 Å². The first-order chi connectivity index (χ1) is 8.77. The van der Waals surface area contributed by atoms with Gasteiger partial charge in [-0.1, -0.05) is 17.7 Å². The highest BCUT2D eigenvalue weighted by molar-refractivity contribution is 7.89. The fourth-order valence-electron chi connectivity index (χ4n) is 1.59. The van der Waals surface area contributed by atoms with E-state index in [4.69, 9.17) is 0 Å². The van der Waals surface area contributed by atoms with Gasteiger partial charge in [-0.05, 0) is 25.5 Å². The number of hydrogen-bond acceptors (Lipinski definition) is 5. The molecule has 1 rings (SSSR count). The Labute approximate surface area is 112 Å². The monoisotopic (exact) mass is 287 g/mol. The number of sulfonamides is 1. The number of rotatable bonds is 5. The van der Waals surface area contributed by atoms with Crippen molar-refractivity contribution in [1.29, 1.82) is 0 Å². The fraction of sp³-hybridized carbons (Fsp3) is 0.417. The largest absolute Gasteiger partial charge is 0.467 e. The summed E-state index contributed by atoms with van der Waals surface area (Å²) in [6.07, 6.45) is -1.52. The summed E-state index contributed by atoms with van der Waals surface area (Å²) in [6.45, 7) is 3.11. The second kappa shape index (κ2) is 6.14. The SMILES string of the molecule is COC(=O)C(O)CNS(=O)(=O)c1ccc(C)cc1C. The Balaban J connectivity index is 2.85. The number of carbonyl (C=O) groups is 1. The Hall–Kier alpha value is -1.44. The van der Waals surface area contributed by atoms with Gasteiger partial charge in [-0.2, -0.15) is 0 Å². The van der Waals surface area contributed by atoms with E-state index in [1.165, 1.54) is 6.07 Å². The first kappa shape index (κ1) is 15.6. The van der Waals surface area contributed by atoms with Crippen LogP contribution in [-0.2, 0) is 19.6 Å². The molecule has 0 radical (unpaired) electrons. The van der Waals surface area contributed by atoms with Gasteiger partial charge in [0.05, 0.1) is 12.0 Å². The number of ether oxygens (including phenoxy) is 1. The first-order valence-electron chi connectivity index (χ1n) is 5.60. The van der Waals surface area contributed by atoms with E-state index < -0.39 is 28.6 Å². The van der Waals surface area contributed by atoms with Gasteiger partial charge in [-0.25, -0.2) is 17.9 Å². The molecule has 0 aromatic heterocycles. The zero-order valence-corrected chi connectivity index (χ0v) is 11.8. The Bertz CT molecular complexity index is 567. The molecule has 2 N–H and O–H groups in total. The fourth-order valence-corrected chi connectivity index (χ4v) is 2.85. The summed E-state index contributed by atoms with van der Waals surface area (Å²) in [5, 5.41) is 9.34. The van der Waals surface area contributed by atoms with Gasteiger partial charge in [0.25, 0.3) is 0 Å². The van der Waals surface area contributed by atoms with E-state index in [1.807, 2.05) is 6.92 Å². The average molecular weight is 287 g/mol. The van der Waals surface area contributed by atoms with Gasteiger partial charge in [0, 0.05) is 6.54 Å². The number of aliphatic hydroxyl groups excluding tert-OH is 1. The number of methoxy groups -OCH3 is 1. The lowest BCUT2D eigenvalue weighted by molar-refractivity contribution is -0.149. The number of esters is 1. The van der Waals surface area contributed by atoms with E-state index in [9.17, 15) is 18.3 Å². The highest BCUT2D eigenvalue weighted by Gasteiger charge is 2.21. The standard InChI is InChI=1S/C12H17NO5S/c1-8-4-5-11(9(2)6-8)19(16,17)13-7-10(14)12(15)18-3/h4-6,10,13-14H,7H2,1-3H3. The molecule has 0 saturated carbocycles. The average Bonchev–Trinajstić information content (AvgIpc) is 2.34. The number of benzene rings is 1. The lowest BCUT2D eigenvalue weighted by Gasteiger charge is -2.12. The molecule has 0 saturated heterocycles. The van der Waals surface area contributed by atoms with E-state index in [-0.39, 0.29) is 4.90 Å². The van der Waals surface area contributed by atoms with Crippen LogP contribution in [0, 0.1) is 13.8 Å². The molecule has 1 aromatic carbocycles. The first-order valence-corrected chi connectivity index (χ1v) is 7.09. The quantitative estimate of drug-likeness (QED) is 0.750. The van der Waals surface area contributed by atoms with E-state index in [1.54, 1.807) is 19.1 Å². The molecule has 0 aliphatic carbocycles. The Morgan fingerprint density at radius 3 is 2.58 bits per heavy atom. The molecule has 6 nitrogen and oxygen atoms in total. The second-order valence-corrected chi connectivity index (χ2v) is 5.90. The maximum Gasteiger partial charge on any atom is 0.336 e. The summed E-state index contributed by atoms with van der Waals surface area (Å²) in [4.78, 5) is 11.1. The summed E-state index contributed by atoms with van der Waals surface area (Å²) in [7, 11) is -2.65. The molecule has 106 valence electrons. The molecule has 19 heavy (non-hydrogen) atoms. The molecule has 0 heterocycles. The van der Waals surface area contributed by atoms with E-state index in [0.29, 0.717) is 5.56 Å². The van der Waals surface area contributed by atoms with Crippen LogP contribution in [0.15, 0.2) is 23.1 Å². The Morgan fingerprint density at radius 1 is 1.42 bits per heavy atom. The van der Waals surface area contributed by atoms with Crippen molar-refractivity contribution < 1.29 is 23.1 Å². The van der Waals surface area contributed by atoms with Crippen molar-refractivity contribution in [2.75, 3.05) is 13.7 Å². The summed E-state index contributed by atoms with van der Waals surface area (Å²) < 4.78 is 30.5. The molecule has 1 aromatic rings. The van der Waals surface area contributed by atoms with Crippen molar-refractivity contribution in [3.63, 3.8) is 0 Å². The molecule has 1 unspecified atom stereocenters. The van der Waals surface area contributed by atoms with Gasteiger partial charge in [0.1, 0.15) is 0 Å². The smallest absolute Gasteiger partial charge is 0.336 e. The summed E-state index contributed by atoms with van der Waals surface area (Å²) in [5.74, 6) is -0.886. The van der Waals surface area contributed by atoms with Crippen LogP contribution in [0.3, 0.4) is 0 Å². The number of carbonyl (C=O) groups excluding carboxylic acids is 1. The van der Waals surface area contributed by atoms with Crippen LogP contribution < -0.4 is 4.72 Å². The molecule has 0 aliphatic heterocycles.